The summed E-state index contributed by atoms with van der Waals surface area (Å²) in [6, 6.07) is 9.14. The van der Waals surface area contributed by atoms with Crippen molar-refractivity contribution in [3.8, 4) is 39.3 Å². The van der Waals surface area contributed by atoms with Gasteiger partial charge in [0, 0.05) is 43.6 Å². The molecule has 0 aliphatic carbocycles. The lowest BCUT2D eigenvalue weighted by atomic mass is 10.0. The normalized spacial score (nSPS) is 17.0. The van der Waals surface area contributed by atoms with Crippen molar-refractivity contribution in [2.24, 2.45) is 0 Å². The van der Waals surface area contributed by atoms with E-state index in [4.69, 9.17) is 9.60 Å². The molecule has 0 saturated heterocycles. The molecule has 0 amide bonds. The second kappa shape index (κ2) is 12.5. The zero-order valence-corrected chi connectivity index (χ0v) is 29.4. The highest BCUT2D eigenvalue weighted by atomic mass is 15.0. The van der Waals surface area contributed by atoms with Crippen LogP contribution in [0.25, 0.3) is 105 Å². The van der Waals surface area contributed by atoms with Crippen molar-refractivity contribution < 1.29 is 28.8 Å². The highest BCUT2D eigenvalue weighted by molar-refractivity contribution is 6.17. The SMILES string of the molecule is [2H]c1c([2H])c([2H])c2c(c1[2H])c1c(-n3c4c([2H])c([2H])c([2H])c([2H])c4c4c([2H])c(-c5c([2H])c([2H])c6c7c([2H])c([2H])c([2H])c([2H])c7n(-c7ccccc7-c7ccccc7)c6c5[2H])c([2H])c([2H])c43)c([2H])c([2H])c([2H])c1n2-c1ccccc1. The van der Waals surface area contributed by atoms with E-state index < -0.39 is 166 Å². The van der Waals surface area contributed by atoms with Gasteiger partial charge in [0.2, 0.25) is 0 Å². The number of fused-ring (bicyclic) bond motifs is 9. The van der Waals surface area contributed by atoms with Gasteiger partial charge in [0.1, 0.15) is 0 Å². The number of rotatable bonds is 5. The summed E-state index contributed by atoms with van der Waals surface area (Å²) in [6.07, 6.45) is 0. The maximum Gasteiger partial charge on any atom is 0.0652 e. The van der Waals surface area contributed by atoms with E-state index in [0.717, 1.165) is 4.57 Å². The van der Waals surface area contributed by atoms with Crippen LogP contribution >= 0.6 is 0 Å². The molecule has 9 aromatic carbocycles. The number of hydrogen-bond donors (Lipinski definition) is 0. The van der Waals surface area contributed by atoms with Crippen LogP contribution in [0.15, 0.2) is 212 Å². The first-order valence-corrected chi connectivity index (χ1v) is 17.9. The summed E-state index contributed by atoms with van der Waals surface area (Å²) in [5.74, 6) is 0. The molecule has 0 atom stereocenters. The van der Waals surface area contributed by atoms with Crippen molar-refractivity contribution >= 4 is 65.4 Å². The second-order valence-electron chi connectivity index (χ2n) is 13.3. The van der Waals surface area contributed by atoms with E-state index in [9.17, 15) is 19.2 Å². The smallest absolute Gasteiger partial charge is 0.0652 e. The molecule has 0 aliphatic heterocycles. The summed E-state index contributed by atoms with van der Waals surface area (Å²) in [5, 5.41) is -1.84. The molecule has 3 aromatic heterocycles. The van der Waals surface area contributed by atoms with Gasteiger partial charge < -0.3 is 13.7 Å². The molecule has 0 N–H and O–H groups in total. The van der Waals surface area contributed by atoms with Gasteiger partial charge in [0.15, 0.2) is 0 Å². The minimum absolute atomic E-state index is 0.144. The van der Waals surface area contributed by atoms with E-state index in [1.807, 2.05) is 12.1 Å². The molecular formula is C54H35N3. The average Bonchev–Trinajstić information content (AvgIpc) is 4.13. The molecule has 0 radical (unpaired) electrons. The number of benzene rings is 9. The van der Waals surface area contributed by atoms with Gasteiger partial charge in [-0.2, -0.15) is 0 Å². The fourth-order valence-electron chi connectivity index (χ4n) is 7.83. The van der Waals surface area contributed by atoms with Gasteiger partial charge in [-0.3, -0.25) is 0 Å². The van der Waals surface area contributed by atoms with Crippen molar-refractivity contribution in [3.63, 3.8) is 0 Å². The molecule has 266 valence electrons. The van der Waals surface area contributed by atoms with Gasteiger partial charge in [-0.1, -0.05) is 145 Å². The largest absolute Gasteiger partial charge is 0.309 e. The molecule has 3 heteroatoms. The Labute approximate surface area is 359 Å². The predicted molar refractivity (Wildman–Crippen MR) is 240 cm³/mol. The van der Waals surface area contributed by atoms with E-state index in [-0.39, 0.29) is 49.3 Å². The van der Waals surface area contributed by atoms with Gasteiger partial charge in [0.05, 0.1) is 73.3 Å². The highest BCUT2D eigenvalue weighted by Gasteiger charge is 2.21. The topological polar surface area (TPSA) is 14.8 Å². The molecule has 0 fully saturated rings. The zero-order valence-electron chi connectivity index (χ0n) is 50.4. The first-order chi connectivity index (χ1) is 37.1. The molecule has 3 nitrogen and oxygen atoms in total. The Morgan fingerprint density at radius 1 is 0.316 bits per heavy atom. The van der Waals surface area contributed by atoms with E-state index >= 15 is 0 Å². The monoisotopic (exact) mass is 746 g/mol. The van der Waals surface area contributed by atoms with Crippen LogP contribution in [0.5, 0.6) is 0 Å². The zero-order chi connectivity index (χ0) is 55.7. The van der Waals surface area contributed by atoms with Gasteiger partial charge in [-0.05, 0) is 83.2 Å². The van der Waals surface area contributed by atoms with Crippen LogP contribution in [0.4, 0.5) is 0 Å². The Morgan fingerprint density at radius 3 is 1.63 bits per heavy atom. The van der Waals surface area contributed by atoms with Crippen LogP contribution < -0.4 is 0 Å². The molecule has 0 saturated carbocycles. The number of nitrogens with zero attached hydrogens (tertiary/aromatic N) is 3. The number of aromatic nitrogens is 3. The van der Waals surface area contributed by atoms with Gasteiger partial charge in [-0.25, -0.2) is 0 Å². The fraction of sp³-hybridized carbons (Fsp3) is 0. The van der Waals surface area contributed by atoms with Crippen LogP contribution in [0.3, 0.4) is 0 Å². The van der Waals surface area contributed by atoms with Crippen LogP contribution in [0.1, 0.15) is 28.8 Å². The Balaban J connectivity index is 1.30. The third kappa shape index (κ3) is 4.73. The van der Waals surface area contributed by atoms with Crippen molar-refractivity contribution in [2.45, 2.75) is 0 Å². The van der Waals surface area contributed by atoms with Gasteiger partial charge in [0.25, 0.3) is 0 Å². The van der Waals surface area contributed by atoms with Crippen molar-refractivity contribution in [3.05, 3.63) is 212 Å². The lowest BCUT2D eigenvalue weighted by Gasteiger charge is -2.14. The Morgan fingerprint density at radius 2 is 0.860 bits per heavy atom. The summed E-state index contributed by atoms with van der Waals surface area (Å²) in [5.41, 5.74) is -1.66. The minimum Gasteiger partial charge on any atom is -0.309 e. The Kier molecular flexibility index (Phi) is 3.81. The summed E-state index contributed by atoms with van der Waals surface area (Å²) in [7, 11) is 0. The average molecular weight is 747 g/mol. The third-order valence-corrected chi connectivity index (χ3v) is 10.2. The molecule has 0 spiro atoms. The summed E-state index contributed by atoms with van der Waals surface area (Å²) >= 11 is 0. The minimum atomic E-state index is -0.872. The summed E-state index contributed by atoms with van der Waals surface area (Å²) < 4.78 is 200. The molecule has 12 aromatic rings. The second-order valence-corrected chi connectivity index (χ2v) is 13.3. The van der Waals surface area contributed by atoms with Crippen molar-refractivity contribution in [1.82, 2.24) is 13.7 Å². The first-order valence-electron chi connectivity index (χ1n) is 28.4. The lowest BCUT2D eigenvalue weighted by molar-refractivity contribution is 1.17. The molecule has 3 heterocycles. The number of hydrogen-bond acceptors (Lipinski definition) is 0. The molecule has 12 rings (SSSR count). The summed E-state index contributed by atoms with van der Waals surface area (Å²) in [4.78, 5) is 0. The van der Waals surface area contributed by atoms with Crippen molar-refractivity contribution in [1.29, 1.82) is 0 Å². The van der Waals surface area contributed by atoms with Crippen LogP contribution in [0, 0.1) is 0 Å². The highest BCUT2D eigenvalue weighted by Crippen LogP contribution is 2.42. The molecule has 0 bridgehead atoms. The van der Waals surface area contributed by atoms with E-state index in [0.29, 0.717) is 16.8 Å². The standard InChI is InChI=1S/C54H35N3/c1-3-16-36(17-4-1)40-20-7-11-24-46(40)57-47-25-12-8-21-41(47)43-32-30-38(35-53(43)57)37-31-33-50-45(34-37)42-22-9-13-26-48(42)56(50)52-29-15-28-51-54(52)44-23-10-14-27-49(44)55(51)39-18-5-2-6-19-39/h1-35H/i8D,9D,10D,12D,13D,14D,15D,21D,22D,23D,25D,26D,27D,28D,29D,30D,31D,32D,33D,34D,35D. The van der Waals surface area contributed by atoms with E-state index in [1.54, 1.807) is 72.8 Å². The van der Waals surface area contributed by atoms with Crippen molar-refractivity contribution in [2.75, 3.05) is 0 Å². The Hall–Kier alpha value is -7.62. The third-order valence-electron chi connectivity index (χ3n) is 10.2. The van der Waals surface area contributed by atoms with Crippen LogP contribution in [-0.2, 0) is 0 Å². The molecular weight excluding hydrogens is 691 g/mol. The molecule has 0 unspecified atom stereocenters. The maximum absolute atomic E-state index is 10.2. The maximum atomic E-state index is 10.2. The lowest BCUT2D eigenvalue weighted by Crippen LogP contribution is -1.97. The summed E-state index contributed by atoms with van der Waals surface area (Å²) in [6.45, 7) is 0. The van der Waals surface area contributed by atoms with E-state index in [1.165, 1.54) is 9.13 Å². The molecule has 0 aliphatic rings. The van der Waals surface area contributed by atoms with Crippen LogP contribution in [0.2, 0.25) is 0 Å². The first kappa shape index (κ1) is 17.5. The van der Waals surface area contributed by atoms with Gasteiger partial charge in [-0.15, -0.1) is 0 Å². The van der Waals surface area contributed by atoms with E-state index in [2.05, 4.69) is 0 Å². The quantitative estimate of drug-likeness (QED) is 0.167. The van der Waals surface area contributed by atoms with Crippen LogP contribution in [-0.4, -0.2) is 13.7 Å². The Bertz CT molecular complexity index is 4740. The predicted octanol–water partition coefficient (Wildman–Crippen LogP) is 14.3. The molecule has 57 heavy (non-hydrogen) atoms. The fourth-order valence-corrected chi connectivity index (χ4v) is 7.83. The van der Waals surface area contributed by atoms with Gasteiger partial charge >= 0.3 is 0 Å². The number of para-hydroxylation sites is 5.